The van der Waals surface area contributed by atoms with E-state index in [0.717, 1.165) is 5.92 Å². The Hall–Kier alpha value is -0.287. The van der Waals surface area contributed by atoms with Crippen LogP contribution in [0.4, 0.5) is 0 Å². The molecule has 22 heavy (non-hydrogen) atoms. The Morgan fingerprint density at radius 3 is 2.36 bits per heavy atom. The van der Waals surface area contributed by atoms with Gasteiger partial charge in [-0.2, -0.15) is 6.07 Å². The van der Waals surface area contributed by atoms with Crippen LogP contribution in [0, 0.1) is 11.3 Å². The van der Waals surface area contributed by atoms with Gasteiger partial charge in [0, 0.05) is 26.2 Å². The minimum Gasteiger partial charge on any atom is -0.164 e. The van der Waals surface area contributed by atoms with Gasteiger partial charge < -0.3 is 0 Å². The summed E-state index contributed by atoms with van der Waals surface area (Å²) < 4.78 is 0. The fourth-order valence-corrected chi connectivity index (χ4v) is 2.91. The fraction of sp³-hybridized carbons (Fsp3) is 0.571. The normalized spacial score (nSPS) is 13.4. The molecule has 0 saturated heterocycles. The third-order valence-electron chi connectivity index (χ3n) is 5.09. The molecule has 2 rings (SSSR count). The van der Waals surface area contributed by atoms with Crippen molar-refractivity contribution >= 4 is 10.8 Å². The first kappa shape index (κ1) is 19.8. The van der Waals surface area contributed by atoms with E-state index < -0.39 is 0 Å². The first-order chi connectivity index (χ1) is 9.79. The first-order valence-electron chi connectivity index (χ1n) is 8.47. The quantitative estimate of drug-likeness (QED) is 0.512. The van der Waals surface area contributed by atoms with Crippen molar-refractivity contribution in [2.75, 3.05) is 0 Å². The van der Waals surface area contributed by atoms with E-state index in [1.54, 1.807) is 0 Å². The molecule has 0 heterocycles. The minimum absolute atomic E-state index is 0. The molecule has 0 radical (unpaired) electrons. The molecule has 0 fully saturated rings. The zero-order chi connectivity index (χ0) is 15.6. The predicted octanol–water partition coefficient (Wildman–Crippen LogP) is 6.68. The van der Waals surface area contributed by atoms with E-state index in [1.165, 1.54) is 41.2 Å². The van der Waals surface area contributed by atoms with Crippen molar-refractivity contribution in [1.29, 1.82) is 0 Å². The molecule has 2 aromatic carbocycles. The Morgan fingerprint density at radius 1 is 1.09 bits per heavy atom. The van der Waals surface area contributed by atoms with Crippen LogP contribution < -0.4 is 0 Å². The maximum atomic E-state index is 2.41. The van der Waals surface area contributed by atoms with E-state index in [0.29, 0.717) is 11.3 Å². The van der Waals surface area contributed by atoms with Crippen molar-refractivity contribution in [3.63, 3.8) is 0 Å². The summed E-state index contributed by atoms with van der Waals surface area (Å²) >= 11 is 0. The number of benzene rings is 1. The molecule has 0 aliphatic rings. The SMILES string of the molecule is CC(C)c1cc2c(CCCC(C)C(C)(C)C)cccc2[cH-]1.[Zr]. The zero-order valence-electron chi connectivity index (χ0n) is 15.2. The smallest absolute Gasteiger partial charge is 0 e. The summed E-state index contributed by atoms with van der Waals surface area (Å²) in [6, 6.07) is 11.6. The van der Waals surface area contributed by atoms with Gasteiger partial charge in [-0.3, -0.25) is 0 Å². The van der Waals surface area contributed by atoms with E-state index in [9.17, 15) is 0 Å². The minimum atomic E-state index is 0. The third-order valence-corrected chi connectivity index (χ3v) is 5.09. The molecule has 0 nitrogen and oxygen atoms in total. The fourth-order valence-electron chi connectivity index (χ4n) is 2.91. The molecule has 1 heteroatoms. The van der Waals surface area contributed by atoms with E-state index in [1.807, 2.05) is 0 Å². The van der Waals surface area contributed by atoms with Gasteiger partial charge >= 0.3 is 0 Å². The maximum Gasteiger partial charge on any atom is 0 e. The summed E-state index contributed by atoms with van der Waals surface area (Å²) in [6.45, 7) is 14.0. The second-order valence-corrected chi connectivity index (χ2v) is 8.02. The number of fused-ring (bicyclic) bond motifs is 1. The van der Waals surface area contributed by atoms with Crippen LogP contribution in [0.1, 0.15) is 71.4 Å². The Labute approximate surface area is 156 Å². The van der Waals surface area contributed by atoms with E-state index >= 15 is 0 Å². The van der Waals surface area contributed by atoms with E-state index in [-0.39, 0.29) is 26.2 Å². The molecular formula is C21H31Zr-. The molecule has 0 aromatic heterocycles. The van der Waals surface area contributed by atoms with Crippen molar-refractivity contribution in [3.05, 3.63) is 41.5 Å². The summed E-state index contributed by atoms with van der Waals surface area (Å²) in [5, 5.41) is 2.89. The average Bonchev–Trinajstić information content (AvgIpc) is 2.82. The average molecular weight is 375 g/mol. The number of rotatable bonds is 5. The zero-order valence-corrected chi connectivity index (χ0v) is 17.6. The van der Waals surface area contributed by atoms with Gasteiger partial charge in [-0.15, -0.1) is 34.5 Å². The molecule has 0 aliphatic heterocycles. The van der Waals surface area contributed by atoms with Crippen molar-refractivity contribution in [2.45, 2.75) is 66.7 Å². The molecule has 0 N–H and O–H groups in total. The largest absolute Gasteiger partial charge is 0.164 e. The Morgan fingerprint density at radius 2 is 1.77 bits per heavy atom. The van der Waals surface area contributed by atoms with Gasteiger partial charge in [0.05, 0.1) is 0 Å². The maximum absolute atomic E-state index is 2.41. The Kier molecular flexibility index (Phi) is 7.19. The van der Waals surface area contributed by atoms with Crippen molar-refractivity contribution in [2.24, 2.45) is 11.3 Å². The van der Waals surface area contributed by atoms with Crippen LogP contribution in [0.3, 0.4) is 0 Å². The van der Waals surface area contributed by atoms with Gasteiger partial charge in [-0.05, 0) is 36.5 Å². The predicted molar refractivity (Wildman–Crippen MR) is 95.2 cm³/mol. The van der Waals surface area contributed by atoms with Gasteiger partial charge in [0.15, 0.2) is 0 Å². The molecule has 0 bridgehead atoms. The molecule has 0 aliphatic carbocycles. The van der Waals surface area contributed by atoms with Crippen molar-refractivity contribution in [1.82, 2.24) is 0 Å². The second-order valence-electron chi connectivity index (χ2n) is 8.02. The van der Waals surface area contributed by atoms with Crippen molar-refractivity contribution < 1.29 is 26.2 Å². The molecule has 0 amide bonds. The van der Waals surface area contributed by atoms with Crippen molar-refractivity contribution in [3.8, 4) is 0 Å². The van der Waals surface area contributed by atoms with Gasteiger partial charge in [-0.25, -0.2) is 0 Å². The molecule has 2 aromatic rings. The molecule has 120 valence electrons. The van der Waals surface area contributed by atoms with Crippen LogP contribution in [0.5, 0.6) is 0 Å². The summed E-state index contributed by atoms with van der Waals surface area (Å²) in [6.07, 6.45) is 3.82. The van der Waals surface area contributed by atoms with E-state index in [4.69, 9.17) is 0 Å². The third kappa shape index (κ3) is 4.85. The van der Waals surface area contributed by atoms with E-state index in [2.05, 4.69) is 71.9 Å². The van der Waals surface area contributed by atoms with Gasteiger partial charge in [-0.1, -0.05) is 53.2 Å². The molecule has 0 spiro atoms. The number of hydrogen-bond donors (Lipinski definition) is 0. The summed E-state index contributed by atoms with van der Waals surface area (Å²) in [4.78, 5) is 0. The first-order valence-corrected chi connectivity index (χ1v) is 8.47. The summed E-state index contributed by atoms with van der Waals surface area (Å²) in [5.74, 6) is 1.40. The van der Waals surface area contributed by atoms with Crippen LogP contribution in [0.15, 0.2) is 30.3 Å². The Bertz CT molecular complexity index is 583. The van der Waals surface area contributed by atoms with Crippen LogP contribution in [0.2, 0.25) is 0 Å². The Balaban J connectivity index is 0.00000242. The summed E-state index contributed by atoms with van der Waals surface area (Å²) in [7, 11) is 0. The molecular weight excluding hydrogens is 343 g/mol. The monoisotopic (exact) mass is 373 g/mol. The van der Waals surface area contributed by atoms with Gasteiger partial charge in [0.2, 0.25) is 0 Å². The topological polar surface area (TPSA) is 0 Å². The van der Waals surface area contributed by atoms with Crippen LogP contribution in [-0.2, 0) is 32.6 Å². The second kappa shape index (κ2) is 8.00. The molecule has 1 unspecified atom stereocenters. The van der Waals surface area contributed by atoms with Gasteiger partial charge in [0.1, 0.15) is 0 Å². The molecule has 0 saturated carbocycles. The van der Waals surface area contributed by atoms with Crippen LogP contribution in [-0.4, -0.2) is 0 Å². The number of aryl methyl sites for hydroxylation is 1. The van der Waals surface area contributed by atoms with Crippen LogP contribution >= 0.6 is 0 Å². The summed E-state index contributed by atoms with van der Waals surface area (Å²) in [5.41, 5.74) is 3.43. The van der Waals surface area contributed by atoms with Crippen LogP contribution in [0.25, 0.3) is 10.8 Å². The number of hydrogen-bond acceptors (Lipinski definition) is 0. The molecule has 1 atom stereocenters. The standard InChI is InChI=1S/C21H31.Zr/c1-15(2)19-13-18-12-8-11-17(20(18)14-19)10-7-9-16(3)21(4,5)6;/h8,11-16H,7,9-10H2,1-6H3;/q-1;. The van der Waals surface area contributed by atoms with Gasteiger partial charge in [0.25, 0.3) is 0 Å².